The number of carbonyl (C=O) groups excluding carboxylic acids is 2. The van der Waals surface area contributed by atoms with Crippen LogP contribution < -0.4 is 26.4 Å². The van der Waals surface area contributed by atoms with Crippen molar-refractivity contribution in [2.24, 2.45) is 5.73 Å². The van der Waals surface area contributed by atoms with E-state index >= 15 is 0 Å². The van der Waals surface area contributed by atoms with Gasteiger partial charge >= 0.3 is 0 Å². The number of rotatable bonds is 10. The highest BCUT2D eigenvalue weighted by molar-refractivity contribution is 5.83. The van der Waals surface area contributed by atoms with Crippen LogP contribution in [0.3, 0.4) is 0 Å². The second-order valence-electron chi connectivity index (χ2n) is 8.55. The minimum absolute atomic E-state index is 0.0604. The molecule has 0 bridgehead atoms. The van der Waals surface area contributed by atoms with E-state index < -0.39 is 0 Å². The Balaban J connectivity index is 1.37. The van der Waals surface area contributed by atoms with E-state index in [1.807, 2.05) is 54.6 Å². The molecular weight excluding hydrogens is 430 g/mol. The number of nitrogens with zero attached hydrogens (tertiary/aromatic N) is 1. The molecule has 8 nitrogen and oxygen atoms in total. The zero-order chi connectivity index (χ0) is 23.8. The summed E-state index contributed by atoms with van der Waals surface area (Å²) in [5.41, 5.74) is 7.44. The van der Waals surface area contributed by atoms with Gasteiger partial charge in [0.2, 0.25) is 17.7 Å². The molecule has 1 fully saturated rings. The van der Waals surface area contributed by atoms with Gasteiger partial charge in [-0.05, 0) is 37.0 Å². The molecular formula is C26H31N5O3. The van der Waals surface area contributed by atoms with Crippen LogP contribution in [0.1, 0.15) is 18.4 Å². The molecule has 3 atom stereocenters. The first-order chi connectivity index (χ1) is 16.6. The predicted octanol–water partition coefficient (Wildman–Crippen LogP) is 1.54. The van der Waals surface area contributed by atoms with E-state index in [2.05, 4.69) is 33.1 Å². The second-order valence-corrected chi connectivity index (χ2v) is 8.55. The molecule has 0 radical (unpaired) electrons. The predicted molar refractivity (Wildman–Crippen MR) is 131 cm³/mol. The van der Waals surface area contributed by atoms with E-state index in [4.69, 9.17) is 10.5 Å². The van der Waals surface area contributed by atoms with Gasteiger partial charge in [0.15, 0.2) is 0 Å². The van der Waals surface area contributed by atoms with E-state index in [1.54, 1.807) is 0 Å². The van der Waals surface area contributed by atoms with Crippen molar-refractivity contribution in [3.63, 3.8) is 0 Å². The van der Waals surface area contributed by atoms with E-state index in [0.29, 0.717) is 25.5 Å². The Kier molecular flexibility index (Phi) is 8.06. The highest BCUT2D eigenvalue weighted by Crippen LogP contribution is 2.17. The molecule has 1 aromatic heterocycles. The number of carbonyl (C=O) groups is 2. The number of hydrogen-bond donors (Lipinski definition) is 4. The molecule has 0 aliphatic carbocycles. The molecule has 2 heterocycles. The summed E-state index contributed by atoms with van der Waals surface area (Å²) in [5.74, 6) is 0.212. The summed E-state index contributed by atoms with van der Waals surface area (Å²) in [6, 6.07) is 21.2. The molecule has 0 spiro atoms. The summed E-state index contributed by atoms with van der Waals surface area (Å²) < 4.78 is 6.00. The van der Waals surface area contributed by atoms with Gasteiger partial charge in [-0.1, -0.05) is 48.5 Å². The van der Waals surface area contributed by atoms with Crippen molar-refractivity contribution in [3.8, 4) is 5.88 Å². The van der Waals surface area contributed by atoms with E-state index in [0.717, 1.165) is 23.7 Å². The SMILES string of the molecule is NCC(=O)N[C@H]1CN[C@H](C(=O)NC(CCc2ccccc2)COc2ccc3ccccc3n2)C1. The Morgan fingerprint density at radius 3 is 2.71 bits per heavy atom. The Morgan fingerprint density at radius 1 is 1.09 bits per heavy atom. The summed E-state index contributed by atoms with van der Waals surface area (Å²) in [6.45, 7) is 0.787. The normalized spacial score (nSPS) is 18.4. The van der Waals surface area contributed by atoms with Crippen LogP contribution in [0.5, 0.6) is 5.88 Å². The quantitative estimate of drug-likeness (QED) is 0.364. The largest absolute Gasteiger partial charge is 0.475 e. The highest BCUT2D eigenvalue weighted by Gasteiger charge is 2.31. The Bertz CT molecular complexity index is 1110. The second kappa shape index (κ2) is 11.6. The zero-order valence-corrected chi connectivity index (χ0v) is 19.1. The molecule has 1 unspecified atom stereocenters. The van der Waals surface area contributed by atoms with Gasteiger partial charge in [-0.25, -0.2) is 4.98 Å². The van der Waals surface area contributed by atoms with Crippen LogP contribution in [0.2, 0.25) is 0 Å². The minimum atomic E-state index is -0.374. The first-order valence-electron chi connectivity index (χ1n) is 11.7. The molecule has 1 aliphatic heterocycles. The third-order valence-electron chi connectivity index (χ3n) is 5.97. The maximum Gasteiger partial charge on any atom is 0.237 e. The average Bonchev–Trinajstić information content (AvgIpc) is 3.34. The fraction of sp³-hybridized carbons (Fsp3) is 0.346. The number of nitrogens with one attached hydrogen (secondary N) is 3. The van der Waals surface area contributed by atoms with Crippen LogP contribution in [-0.4, -0.2) is 54.6 Å². The highest BCUT2D eigenvalue weighted by atomic mass is 16.5. The number of fused-ring (bicyclic) bond motifs is 1. The molecule has 5 N–H and O–H groups in total. The molecule has 4 rings (SSSR count). The average molecular weight is 462 g/mol. The van der Waals surface area contributed by atoms with Gasteiger partial charge in [0, 0.05) is 24.0 Å². The third-order valence-corrected chi connectivity index (χ3v) is 5.97. The molecule has 178 valence electrons. The van der Waals surface area contributed by atoms with Gasteiger partial charge in [-0.3, -0.25) is 9.59 Å². The lowest BCUT2D eigenvalue weighted by Gasteiger charge is -2.21. The van der Waals surface area contributed by atoms with Gasteiger partial charge in [0.1, 0.15) is 6.61 Å². The van der Waals surface area contributed by atoms with Crippen LogP contribution >= 0.6 is 0 Å². The van der Waals surface area contributed by atoms with Crippen LogP contribution in [0.15, 0.2) is 66.7 Å². The third kappa shape index (κ3) is 6.52. The van der Waals surface area contributed by atoms with Crippen molar-refractivity contribution in [1.29, 1.82) is 0 Å². The van der Waals surface area contributed by atoms with Crippen LogP contribution in [0, 0.1) is 0 Å². The summed E-state index contributed by atoms with van der Waals surface area (Å²) in [6.07, 6.45) is 2.06. The van der Waals surface area contributed by atoms with Gasteiger partial charge in [0.25, 0.3) is 0 Å². The van der Waals surface area contributed by atoms with Crippen molar-refractivity contribution in [2.45, 2.75) is 37.4 Å². The Labute approximate surface area is 199 Å². The molecule has 1 aliphatic rings. The fourth-order valence-corrected chi connectivity index (χ4v) is 4.13. The summed E-state index contributed by atoms with van der Waals surface area (Å²) in [4.78, 5) is 29.1. The number of nitrogens with two attached hydrogens (primary N) is 1. The number of ether oxygens (including phenoxy) is 1. The van der Waals surface area contributed by atoms with Crippen molar-refractivity contribution >= 4 is 22.7 Å². The van der Waals surface area contributed by atoms with Crippen molar-refractivity contribution in [3.05, 3.63) is 72.3 Å². The fourth-order valence-electron chi connectivity index (χ4n) is 4.13. The number of pyridine rings is 1. The Hall–Kier alpha value is -3.49. The molecule has 0 saturated carbocycles. The van der Waals surface area contributed by atoms with Gasteiger partial charge < -0.3 is 26.4 Å². The minimum Gasteiger partial charge on any atom is -0.475 e. The molecule has 8 heteroatoms. The maximum absolute atomic E-state index is 13.0. The van der Waals surface area contributed by atoms with Gasteiger partial charge in [-0.2, -0.15) is 0 Å². The molecule has 2 aromatic carbocycles. The van der Waals surface area contributed by atoms with Crippen molar-refractivity contribution < 1.29 is 14.3 Å². The topological polar surface area (TPSA) is 118 Å². The molecule has 2 amide bonds. The van der Waals surface area contributed by atoms with E-state index in [9.17, 15) is 9.59 Å². The standard InChI is InChI=1S/C26H31N5O3/c27-15-24(32)29-21-14-23(28-16-21)26(33)30-20(12-10-18-6-2-1-3-7-18)17-34-25-13-11-19-8-4-5-9-22(19)31-25/h1-9,11,13,20-21,23,28H,10,12,14-17,27H2,(H,29,32)(H,30,33)/t20?,21-,23+/m1/s1. The smallest absolute Gasteiger partial charge is 0.237 e. The Morgan fingerprint density at radius 2 is 1.88 bits per heavy atom. The number of amides is 2. The summed E-state index contributed by atoms with van der Waals surface area (Å²) in [5, 5.41) is 10.2. The first kappa shape index (κ1) is 23.7. The van der Waals surface area contributed by atoms with Gasteiger partial charge in [-0.15, -0.1) is 0 Å². The number of benzene rings is 2. The van der Waals surface area contributed by atoms with Crippen LogP contribution in [0.25, 0.3) is 10.9 Å². The number of aryl methyl sites for hydroxylation is 1. The number of hydrogen-bond acceptors (Lipinski definition) is 6. The first-order valence-corrected chi connectivity index (χ1v) is 11.7. The lowest BCUT2D eigenvalue weighted by molar-refractivity contribution is -0.124. The van der Waals surface area contributed by atoms with E-state index in [1.165, 1.54) is 5.56 Å². The maximum atomic E-state index is 13.0. The van der Waals surface area contributed by atoms with Crippen molar-refractivity contribution in [2.75, 3.05) is 19.7 Å². The molecule has 3 aromatic rings. The molecule has 34 heavy (non-hydrogen) atoms. The van der Waals surface area contributed by atoms with Crippen LogP contribution in [0.4, 0.5) is 0 Å². The summed E-state index contributed by atoms with van der Waals surface area (Å²) >= 11 is 0. The number of aromatic nitrogens is 1. The number of para-hydroxylation sites is 1. The monoisotopic (exact) mass is 461 g/mol. The lowest BCUT2D eigenvalue weighted by Crippen LogP contribution is -2.47. The lowest BCUT2D eigenvalue weighted by atomic mass is 10.0. The van der Waals surface area contributed by atoms with Gasteiger partial charge in [0.05, 0.1) is 24.1 Å². The van der Waals surface area contributed by atoms with Crippen molar-refractivity contribution in [1.82, 2.24) is 20.9 Å². The summed E-state index contributed by atoms with van der Waals surface area (Å²) in [7, 11) is 0. The van der Waals surface area contributed by atoms with E-state index in [-0.39, 0.29) is 36.5 Å². The molecule has 1 saturated heterocycles. The zero-order valence-electron chi connectivity index (χ0n) is 19.1. The van der Waals surface area contributed by atoms with Crippen LogP contribution in [-0.2, 0) is 16.0 Å².